The molecule has 0 spiro atoms. The summed E-state index contributed by atoms with van der Waals surface area (Å²) in [7, 11) is 0. The maximum Gasteiger partial charge on any atom is 0.252 e. The first-order valence-electron chi connectivity index (χ1n) is 6.08. The molecule has 1 aromatic carbocycles. The Morgan fingerprint density at radius 2 is 2.26 bits per heavy atom. The standard InChI is InChI=1S/C14H15ClN2O2/c1-9-8-11(14(19)16-6-3-7-18)10-4-2-5-12(15)13(10)17-9/h2,4-5,8,18H,3,6-7H2,1H3,(H,16,19). The molecule has 2 aromatic rings. The number of aromatic nitrogens is 1. The first-order chi connectivity index (χ1) is 9.13. The van der Waals surface area contributed by atoms with Gasteiger partial charge in [0.05, 0.1) is 16.1 Å². The van der Waals surface area contributed by atoms with Crippen molar-refractivity contribution >= 4 is 28.4 Å². The first-order valence-corrected chi connectivity index (χ1v) is 6.46. The van der Waals surface area contributed by atoms with Crippen LogP contribution in [0.15, 0.2) is 24.3 Å². The third-order valence-corrected chi connectivity index (χ3v) is 3.09. The number of hydrogen-bond donors (Lipinski definition) is 2. The van der Waals surface area contributed by atoms with Gasteiger partial charge in [0.2, 0.25) is 0 Å². The number of carbonyl (C=O) groups excluding carboxylic acids is 1. The molecule has 19 heavy (non-hydrogen) atoms. The maximum absolute atomic E-state index is 12.1. The average molecular weight is 279 g/mol. The Balaban J connectivity index is 2.42. The topological polar surface area (TPSA) is 62.2 Å². The van der Waals surface area contributed by atoms with Gasteiger partial charge in [0, 0.05) is 24.2 Å². The van der Waals surface area contributed by atoms with E-state index in [9.17, 15) is 4.79 Å². The number of benzene rings is 1. The molecular formula is C14H15ClN2O2. The lowest BCUT2D eigenvalue weighted by Gasteiger charge is -2.09. The molecule has 1 aromatic heterocycles. The third kappa shape index (κ3) is 3.03. The minimum absolute atomic E-state index is 0.0578. The Hall–Kier alpha value is -1.65. The lowest BCUT2D eigenvalue weighted by Crippen LogP contribution is -2.25. The molecule has 0 aliphatic heterocycles. The monoisotopic (exact) mass is 278 g/mol. The number of aliphatic hydroxyl groups excluding tert-OH is 1. The number of carbonyl (C=O) groups is 1. The van der Waals surface area contributed by atoms with Gasteiger partial charge in [-0.2, -0.15) is 0 Å². The van der Waals surface area contributed by atoms with Crippen LogP contribution in [-0.4, -0.2) is 29.1 Å². The van der Waals surface area contributed by atoms with Crippen LogP contribution >= 0.6 is 11.6 Å². The number of nitrogens with zero attached hydrogens (tertiary/aromatic N) is 1. The molecule has 1 heterocycles. The fraction of sp³-hybridized carbons (Fsp3) is 0.286. The second-order valence-electron chi connectivity index (χ2n) is 4.28. The molecule has 0 unspecified atom stereocenters. The van der Waals surface area contributed by atoms with Crippen molar-refractivity contribution in [1.29, 1.82) is 0 Å². The highest BCUT2D eigenvalue weighted by atomic mass is 35.5. The van der Waals surface area contributed by atoms with E-state index < -0.39 is 0 Å². The van der Waals surface area contributed by atoms with E-state index in [1.807, 2.05) is 13.0 Å². The number of nitrogens with one attached hydrogen (secondary N) is 1. The highest BCUT2D eigenvalue weighted by Gasteiger charge is 2.12. The second kappa shape index (κ2) is 5.99. The van der Waals surface area contributed by atoms with Gasteiger partial charge in [0.25, 0.3) is 5.91 Å². The lowest BCUT2D eigenvalue weighted by molar-refractivity contribution is 0.0952. The zero-order valence-corrected chi connectivity index (χ0v) is 11.4. The van der Waals surface area contributed by atoms with Crippen LogP contribution in [0, 0.1) is 6.92 Å². The number of pyridine rings is 1. The minimum atomic E-state index is -0.175. The van der Waals surface area contributed by atoms with Crippen LogP contribution < -0.4 is 5.32 Å². The summed E-state index contributed by atoms with van der Waals surface area (Å²) in [5.74, 6) is -0.175. The molecule has 100 valence electrons. The van der Waals surface area contributed by atoms with Gasteiger partial charge in [0.15, 0.2) is 0 Å². The number of para-hydroxylation sites is 1. The van der Waals surface area contributed by atoms with Crippen LogP contribution in [0.2, 0.25) is 5.02 Å². The fourth-order valence-electron chi connectivity index (χ4n) is 1.91. The van der Waals surface area contributed by atoms with Crippen molar-refractivity contribution in [1.82, 2.24) is 10.3 Å². The number of rotatable bonds is 4. The molecule has 0 bridgehead atoms. The van der Waals surface area contributed by atoms with Crippen molar-refractivity contribution in [3.63, 3.8) is 0 Å². The van der Waals surface area contributed by atoms with Crippen molar-refractivity contribution in [2.75, 3.05) is 13.2 Å². The van der Waals surface area contributed by atoms with E-state index in [4.69, 9.17) is 16.7 Å². The molecule has 0 saturated carbocycles. The molecule has 0 aliphatic rings. The summed E-state index contributed by atoms with van der Waals surface area (Å²) in [4.78, 5) is 16.5. The van der Waals surface area contributed by atoms with Crippen LogP contribution in [0.3, 0.4) is 0 Å². The summed E-state index contributed by atoms with van der Waals surface area (Å²) in [5.41, 5.74) is 1.94. The van der Waals surface area contributed by atoms with Crippen LogP contribution in [0.5, 0.6) is 0 Å². The molecule has 1 amide bonds. The largest absolute Gasteiger partial charge is 0.396 e. The van der Waals surface area contributed by atoms with Crippen molar-refractivity contribution in [2.45, 2.75) is 13.3 Å². The van der Waals surface area contributed by atoms with Gasteiger partial charge < -0.3 is 10.4 Å². The minimum Gasteiger partial charge on any atom is -0.396 e. The van der Waals surface area contributed by atoms with Crippen molar-refractivity contribution in [3.8, 4) is 0 Å². The fourth-order valence-corrected chi connectivity index (χ4v) is 2.12. The summed E-state index contributed by atoms with van der Waals surface area (Å²) in [6.45, 7) is 2.33. The van der Waals surface area contributed by atoms with Gasteiger partial charge in [-0.05, 0) is 25.5 Å². The number of aliphatic hydroxyl groups is 1. The number of hydrogen-bond acceptors (Lipinski definition) is 3. The lowest BCUT2D eigenvalue weighted by atomic mass is 10.1. The summed E-state index contributed by atoms with van der Waals surface area (Å²) < 4.78 is 0. The van der Waals surface area contributed by atoms with Gasteiger partial charge >= 0.3 is 0 Å². The number of amides is 1. The zero-order valence-electron chi connectivity index (χ0n) is 10.6. The van der Waals surface area contributed by atoms with Gasteiger partial charge in [-0.1, -0.05) is 23.7 Å². The normalized spacial score (nSPS) is 10.7. The molecule has 5 heteroatoms. The van der Waals surface area contributed by atoms with E-state index in [0.717, 1.165) is 11.1 Å². The average Bonchev–Trinajstić information content (AvgIpc) is 2.39. The molecule has 0 aliphatic carbocycles. The molecular weight excluding hydrogens is 264 g/mol. The highest BCUT2D eigenvalue weighted by Crippen LogP contribution is 2.25. The second-order valence-corrected chi connectivity index (χ2v) is 4.69. The van der Waals surface area contributed by atoms with Crippen LogP contribution in [0.1, 0.15) is 22.5 Å². The SMILES string of the molecule is Cc1cc(C(=O)NCCCO)c2cccc(Cl)c2n1. The van der Waals surface area contributed by atoms with Gasteiger partial charge in [-0.25, -0.2) is 0 Å². The number of fused-ring (bicyclic) bond motifs is 1. The van der Waals surface area contributed by atoms with Crippen LogP contribution in [0.25, 0.3) is 10.9 Å². The van der Waals surface area contributed by atoms with Gasteiger partial charge in [-0.3, -0.25) is 9.78 Å². The molecule has 2 rings (SSSR count). The summed E-state index contributed by atoms with van der Waals surface area (Å²) >= 11 is 6.11. The van der Waals surface area contributed by atoms with E-state index >= 15 is 0 Å². The van der Waals surface area contributed by atoms with E-state index in [-0.39, 0.29) is 12.5 Å². The third-order valence-electron chi connectivity index (χ3n) is 2.78. The van der Waals surface area contributed by atoms with Crippen molar-refractivity contribution in [2.24, 2.45) is 0 Å². The summed E-state index contributed by atoms with van der Waals surface area (Å²) in [6, 6.07) is 7.12. The highest BCUT2D eigenvalue weighted by molar-refractivity contribution is 6.35. The van der Waals surface area contributed by atoms with Crippen molar-refractivity contribution in [3.05, 3.63) is 40.5 Å². The summed E-state index contributed by atoms with van der Waals surface area (Å²) in [5, 5.41) is 12.8. The summed E-state index contributed by atoms with van der Waals surface area (Å²) in [6.07, 6.45) is 0.536. The Labute approximate surface area is 116 Å². The Morgan fingerprint density at radius 3 is 3.00 bits per heavy atom. The Morgan fingerprint density at radius 1 is 1.47 bits per heavy atom. The van der Waals surface area contributed by atoms with Gasteiger partial charge in [-0.15, -0.1) is 0 Å². The smallest absolute Gasteiger partial charge is 0.252 e. The molecule has 0 fully saturated rings. The van der Waals surface area contributed by atoms with Gasteiger partial charge in [0.1, 0.15) is 0 Å². The number of aryl methyl sites for hydroxylation is 1. The van der Waals surface area contributed by atoms with E-state index in [1.54, 1.807) is 18.2 Å². The van der Waals surface area contributed by atoms with E-state index in [2.05, 4.69) is 10.3 Å². The Bertz CT molecular complexity index is 614. The molecule has 0 atom stereocenters. The van der Waals surface area contributed by atoms with Crippen LogP contribution in [0.4, 0.5) is 0 Å². The molecule has 2 N–H and O–H groups in total. The predicted octanol–water partition coefficient (Wildman–Crippen LogP) is 2.31. The quantitative estimate of drug-likeness (QED) is 0.844. The number of halogens is 1. The zero-order chi connectivity index (χ0) is 13.8. The van der Waals surface area contributed by atoms with Crippen molar-refractivity contribution < 1.29 is 9.90 Å². The van der Waals surface area contributed by atoms with E-state index in [1.165, 1.54) is 0 Å². The van der Waals surface area contributed by atoms with E-state index in [0.29, 0.717) is 29.1 Å². The molecule has 0 radical (unpaired) electrons. The Kier molecular flexibility index (Phi) is 4.35. The predicted molar refractivity (Wildman–Crippen MR) is 75.5 cm³/mol. The molecule has 0 saturated heterocycles. The maximum atomic E-state index is 12.1. The first kappa shape index (κ1) is 13.8. The molecule has 4 nitrogen and oxygen atoms in total. The van der Waals surface area contributed by atoms with Crippen LogP contribution in [-0.2, 0) is 0 Å².